The minimum atomic E-state index is -0.899. The van der Waals surface area contributed by atoms with Gasteiger partial charge in [-0.2, -0.15) is 0 Å². The maximum atomic E-state index is 12.6. The SMILES string of the molecule is COC(=O)c1ccc(CC2OCc3c2[nH]c(=O)c(C(=O)NCC(=O)OC(C)(C)C)c3O)cc1. The predicted molar refractivity (Wildman–Crippen MR) is 116 cm³/mol. The molecule has 1 atom stereocenters. The Morgan fingerprint density at radius 2 is 1.88 bits per heavy atom. The second-order valence-corrected chi connectivity index (χ2v) is 8.53. The highest BCUT2D eigenvalue weighted by Gasteiger charge is 2.32. The van der Waals surface area contributed by atoms with Crippen LogP contribution in [0.5, 0.6) is 5.75 Å². The lowest BCUT2D eigenvalue weighted by Gasteiger charge is -2.19. The van der Waals surface area contributed by atoms with Crippen molar-refractivity contribution >= 4 is 17.8 Å². The first-order chi connectivity index (χ1) is 15.5. The number of pyridine rings is 1. The fourth-order valence-corrected chi connectivity index (χ4v) is 3.43. The van der Waals surface area contributed by atoms with E-state index in [1.807, 2.05) is 0 Å². The molecule has 2 aromatic rings. The van der Waals surface area contributed by atoms with Gasteiger partial charge in [-0.3, -0.25) is 14.4 Å². The van der Waals surface area contributed by atoms with Crippen LogP contribution >= 0.6 is 0 Å². The first-order valence-electron chi connectivity index (χ1n) is 10.3. The van der Waals surface area contributed by atoms with Crippen LogP contribution in [0, 0.1) is 0 Å². The topological polar surface area (TPSA) is 144 Å². The number of aromatic amines is 1. The predicted octanol–water partition coefficient (Wildman–Crippen LogP) is 1.75. The minimum absolute atomic E-state index is 0.00476. The number of hydrogen-bond acceptors (Lipinski definition) is 8. The molecular weight excluding hydrogens is 432 g/mol. The van der Waals surface area contributed by atoms with E-state index in [1.165, 1.54) is 7.11 Å². The molecule has 1 aromatic heterocycles. The van der Waals surface area contributed by atoms with Gasteiger partial charge in [0.25, 0.3) is 11.5 Å². The number of amides is 1. The van der Waals surface area contributed by atoms with Gasteiger partial charge in [0.15, 0.2) is 0 Å². The van der Waals surface area contributed by atoms with E-state index in [0.29, 0.717) is 23.2 Å². The standard InChI is InChI=1S/C23H26N2O8/c1-23(2,3)33-16(26)10-24-20(28)17-19(27)14-11-32-15(18(14)25-21(17)29)9-12-5-7-13(8-6-12)22(30)31-4/h5-8,15H,9-11H2,1-4H3,(H,24,28)(H2,25,27,29). The van der Waals surface area contributed by atoms with Crippen LogP contribution in [-0.4, -0.2) is 47.2 Å². The van der Waals surface area contributed by atoms with E-state index in [9.17, 15) is 24.3 Å². The van der Waals surface area contributed by atoms with E-state index in [0.717, 1.165) is 5.56 Å². The average Bonchev–Trinajstić information content (AvgIpc) is 3.13. The minimum Gasteiger partial charge on any atom is -0.506 e. The van der Waals surface area contributed by atoms with Gasteiger partial charge in [0, 0.05) is 12.0 Å². The molecule has 0 bridgehead atoms. The highest BCUT2D eigenvalue weighted by atomic mass is 16.6. The van der Waals surface area contributed by atoms with Crippen LogP contribution in [0.2, 0.25) is 0 Å². The number of ether oxygens (including phenoxy) is 3. The number of methoxy groups -OCH3 is 1. The molecule has 176 valence electrons. The van der Waals surface area contributed by atoms with Crippen LogP contribution in [0.4, 0.5) is 0 Å². The Kier molecular flexibility index (Phi) is 6.87. The lowest BCUT2D eigenvalue weighted by atomic mass is 10.0. The second-order valence-electron chi connectivity index (χ2n) is 8.53. The number of nitrogens with one attached hydrogen (secondary N) is 2. The van der Waals surface area contributed by atoms with E-state index >= 15 is 0 Å². The average molecular weight is 458 g/mol. The van der Waals surface area contributed by atoms with Crippen LogP contribution < -0.4 is 10.9 Å². The summed E-state index contributed by atoms with van der Waals surface area (Å²) in [7, 11) is 1.30. The number of hydrogen-bond donors (Lipinski definition) is 3. The zero-order valence-corrected chi connectivity index (χ0v) is 18.8. The summed E-state index contributed by atoms with van der Waals surface area (Å²) < 4.78 is 15.5. The van der Waals surface area contributed by atoms with Crippen molar-refractivity contribution in [3.05, 3.63) is 62.6 Å². The molecule has 10 heteroatoms. The van der Waals surface area contributed by atoms with E-state index in [2.05, 4.69) is 15.0 Å². The summed E-state index contributed by atoms with van der Waals surface area (Å²) in [5.74, 6) is -2.51. The highest BCUT2D eigenvalue weighted by molar-refractivity contribution is 5.98. The van der Waals surface area contributed by atoms with Crippen molar-refractivity contribution in [1.29, 1.82) is 0 Å². The maximum Gasteiger partial charge on any atom is 0.337 e. The van der Waals surface area contributed by atoms with E-state index in [1.54, 1.807) is 45.0 Å². The molecule has 1 amide bonds. The molecule has 0 radical (unpaired) electrons. The molecule has 3 rings (SSSR count). The van der Waals surface area contributed by atoms with E-state index in [-0.39, 0.29) is 6.61 Å². The molecule has 0 spiro atoms. The van der Waals surface area contributed by atoms with Crippen molar-refractivity contribution in [2.24, 2.45) is 0 Å². The fraction of sp³-hybridized carbons (Fsp3) is 0.391. The number of H-pyrrole nitrogens is 1. The Labute approximate surface area is 189 Å². The largest absolute Gasteiger partial charge is 0.506 e. The summed E-state index contributed by atoms with van der Waals surface area (Å²) >= 11 is 0. The van der Waals surface area contributed by atoms with E-state index < -0.39 is 53.0 Å². The Morgan fingerprint density at radius 3 is 2.48 bits per heavy atom. The molecule has 0 saturated carbocycles. The highest BCUT2D eigenvalue weighted by Crippen LogP contribution is 2.36. The summed E-state index contributed by atoms with van der Waals surface area (Å²) in [5, 5.41) is 12.9. The lowest BCUT2D eigenvalue weighted by Crippen LogP contribution is -2.37. The molecular formula is C23H26N2O8. The number of esters is 2. The maximum absolute atomic E-state index is 12.6. The van der Waals surface area contributed by atoms with Gasteiger partial charge in [0.1, 0.15) is 29.6 Å². The van der Waals surface area contributed by atoms with Gasteiger partial charge in [-0.1, -0.05) is 12.1 Å². The fourth-order valence-electron chi connectivity index (χ4n) is 3.43. The van der Waals surface area contributed by atoms with Crippen molar-refractivity contribution in [2.75, 3.05) is 13.7 Å². The zero-order valence-electron chi connectivity index (χ0n) is 18.8. The molecule has 1 unspecified atom stereocenters. The van der Waals surface area contributed by atoms with Crippen LogP contribution in [0.15, 0.2) is 29.1 Å². The van der Waals surface area contributed by atoms with Gasteiger partial charge >= 0.3 is 11.9 Å². The van der Waals surface area contributed by atoms with Crippen molar-refractivity contribution < 1.29 is 33.7 Å². The molecule has 0 aliphatic carbocycles. The quantitative estimate of drug-likeness (QED) is 0.556. The van der Waals surface area contributed by atoms with Crippen LogP contribution in [-0.2, 0) is 32.0 Å². The van der Waals surface area contributed by atoms with Gasteiger partial charge in [0.05, 0.1) is 25.0 Å². The number of carbonyl (C=O) groups is 3. The first-order valence-corrected chi connectivity index (χ1v) is 10.3. The van der Waals surface area contributed by atoms with Crippen molar-refractivity contribution in [1.82, 2.24) is 10.3 Å². The smallest absolute Gasteiger partial charge is 0.337 e. The molecule has 2 heterocycles. The van der Waals surface area contributed by atoms with Crippen LogP contribution in [0.25, 0.3) is 0 Å². The summed E-state index contributed by atoms with van der Waals surface area (Å²) in [4.78, 5) is 51.0. The third kappa shape index (κ3) is 5.58. The summed E-state index contributed by atoms with van der Waals surface area (Å²) in [6.07, 6.45) is -0.185. The Hall–Kier alpha value is -3.66. The van der Waals surface area contributed by atoms with Crippen molar-refractivity contribution in [2.45, 2.75) is 45.5 Å². The van der Waals surface area contributed by atoms with E-state index in [4.69, 9.17) is 9.47 Å². The molecule has 1 aliphatic heterocycles. The molecule has 10 nitrogen and oxygen atoms in total. The number of rotatable bonds is 6. The lowest BCUT2D eigenvalue weighted by molar-refractivity contribution is -0.153. The number of carbonyl (C=O) groups excluding carboxylic acids is 3. The molecule has 0 fully saturated rings. The monoisotopic (exact) mass is 458 g/mol. The Balaban J connectivity index is 1.74. The van der Waals surface area contributed by atoms with Crippen LogP contribution in [0.1, 0.15) is 64.4 Å². The van der Waals surface area contributed by atoms with Gasteiger partial charge in [-0.05, 0) is 38.5 Å². The summed E-state index contributed by atoms with van der Waals surface area (Å²) in [6, 6.07) is 6.72. The van der Waals surface area contributed by atoms with Gasteiger partial charge < -0.3 is 29.6 Å². The number of fused-ring (bicyclic) bond motifs is 1. The van der Waals surface area contributed by atoms with Crippen LogP contribution in [0.3, 0.4) is 0 Å². The van der Waals surface area contributed by atoms with Crippen molar-refractivity contribution in [3.8, 4) is 5.75 Å². The number of benzene rings is 1. The summed E-state index contributed by atoms with van der Waals surface area (Å²) in [5.41, 5.74) is -0.108. The molecule has 3 N–H and O–H groups in total. The zero-order chi connectivity index (χ0) is 24.3. The third-order valence-electron chi connectivity index (χ3n) is 4.91. The second kappa shape index (κ2) is 9.45. The van der Waals surface area contributed by atoms with Gasteiger partial charge in [-0.25, -0.2) is 4.79 Å². The molecule has 33 heavy (non-hydrogen) atoms. The molecule has 1 aliphatic rings. The van der Waals surface area contributed by atoms with Gasteiger partial charge in [0.2, 0.25) is 0 Å². The first kappa shape index (κ1) is 24.0. The number of aromatic hydroxyl groups is 1. The van der Waals surface area contributed by atoms with Gasteiger partial charge in [-0.15, -0.1) is 0 Å². The molecule has 0 saturated heterocycles. The number of aromatic nitrogens is 1. The third-order valence-corrected chi connectivity index (χ3v) is 4.91. The Bertz CT molecular complexity index is 1130. The van der Waals surface area contributed by atoms with Crippen molar-refractivity contribution in [3.63, 3.8) is 0 Å². The Morgan fingerprint density at radius 1 is 1.21 bits per heavy atom. The summed E-state index contributed by atoms with van der Waals surface area (Å²) in [6.45, 7) is 4.61. The molecule has 1 aromatic carbocycles. The normalized spacial score (nSPS) is 15.0.